The molecule has 0 aromatic heterocycles. The van der Waals surface area contributed by atoms with Crippen LogP contribution in [0.3, 0.4) is 0 Å². The monoisotopic (exact) mass is 130 g/mol. The fraction of sp³-hybridized carbons (Fsp3) is 1.00. The van der Waals surface area contributed by atoms with Crippen LogP contribution in [-0.4, -0.2) is 24.9 Å². The Balaban J connectivity index is 2.22. The summed E-state index contributed by atoms with van der Waals surface area (Å²) >= 11 is 0. The van der Waals surface area contributed by atoms with E-state index >= 15 is 0 Å². The van der Waals surface area contributed by atoms with Crippen LogP contribution in [0.15, 0.2) is 0 Å². The molecule has 0 heterocycles. The third-order valence-electron chi connectivity index (χ3n) is 2.00. The summed E-state index contributed by atoms with van der Waals surface area (Å²) in [7, 11) is 1.69. The third kappa shape index (κ3) is 1.66. The van der Waals surface area contributed by atoms with Gasteiger partial charge in [0.2, 0.25) is 0 Å². The number of hydrogen-bond acceptors (Lipinski definition) is 2. The molecule has 54 valence electrons. The molecule has 9 heavy (non-hydrogen) atoms. The molecule has 1 fully saturated rings. The Labute approximate surface area is 55.8 Å². The predicted molar refractivity (Wildman–Crippen MR) is 35.2 cm³/mol. The normalized spacial score (nSPS) is 35.3. The first-order valence-electron chi connectivity index (χ1n) is 3.51. The minimum Gasteiger partial charge on any atom is -0.393 e. The van der Waals surface area contributed by atoms with Gasteiger partial charge in [-0.1, -0.05) is 6.42 Å². The van der Waals surface area contributed by atoms with Crippen molar-refractivity contribution < 1.29 is 9.84 Å². The lowest BCUT2D eigenvalue weighted by molar-refractivity contribution is 0.0683. The molecular weight excluding hydrogens is 116 g/mol. The van der Waals surface area contributed by atoms with E-state index in [1.54, 1.807) is 7.11 Å². The average Bonchev–Trinajstić information content (AvgIpc) is 2.18. The summed E-state index contributed by atoms with van der Waals surface area (Å²) in [6.07, 6.45) is 3.17. The van der Waals surface area contributed by atoms with E-state index in [0.717, 1.165) is 25.9 Å². The Morgan fingerprint density at radius 1 is 1.56 bits per heavy atom. The van der Waals surface area contributed by atoms with Gasteiger partial charge in [-0.05, 0) is 12.8 Å². The van der Waals surface area contributed by atoms with Crippen LogP contribution in [0, 0.1) is 5.92 Å². The largest absolute Gasteiger partial charge is 0.393 e. The van der Waals surface area contributed by atoms with Gasteiger partial charge in [0.15, 0.2) is 0 Å². The molecule has 0 unspecified atom stereocenters. The van der Waals surface area contributed by atoms with Crippen molar-refractivity contribution in [3.8, 4) is 0 Å². The second-order valence-corrected chi connectivity index (χ2v) is 2.71. The molecule has 2 atom stereocenters. The predicted octanol–water partition coefficient (Wildman–Crippen LogP) is 0.794. The van der Waals surface area contributed by atoms with Gasteiger partial charge in [0, 0.05) is 13.0 Å². The number of aliphatic hydroxyl groups is 1. The Hall–Kier alpha value is -0.0800. The molecule has 0 bridgehead atoms. The van der Waals surface area contributed by atoms with Gasteiger partial charge in [-0.15, -0.1) is 0 Å². The van der Waals surface area contributed by atoms with Crippen molar-refractivity contribution >= 4 is 0 Å². The molecule has 0 aliphatic heterocycles. The fourth-order valence-electron chi connectivity index (χ4n) is 1.43. The van der Waals surface area contributed by atoms with E-state index in [0.29, 0.717) is 5.92 Å². The minimum atomic E-state index is -0.0926. The third-order valence-corrected chi connectivity index (χ3v) is 2.00. The van der Waals surface area contributed by atoms with Crippen molar-refractivity contribution in [3.63, 3.8) is 0 Å². The summed E-state index contributed by atoms with van der Waals surface area (Å²) in [5, 5.41) is 9.24. The molecule has 2 nitrogen and oxygen atoms in total. The number of hydrogen-bond donors (Lipinski definition) is 1. The van der Waals surface area contributed by atoms with E-state index in [4.69, 9.17) is 4.74 Å². The Morgan fingerprint density at radius 3 is 2.78 bits per heavy atom. The minimum absolute atomic E-state index is 0.0926. The molecule has 1 rings (SSSR count). The zero-order valence-corrected chi connectivity index (χ0v) is 5.84. The Morgan fingerprint density at radius 2 is 2.33 bits per heavy atom. The summed E-state index contributed by atoms with van der Waals surface area (Å²) in [6.45, 7) is 0.723. The first-order chi connectivity index (χ1) is 4.34. The van der Waals surface area contributed by atoms with E-state index in [1.165, 1.54) is 0 Å². The Bertz CT molecular complexity index is 83.0. The van der Waals surface area contributed by atoms with Crippen LogP contribution in [0.5, 0.6) is 0 Å². The summed E-state index contributed by atoms with van der Waals surface area (Å²) in [5.41, 5.74) is 0. The molecule has 0 amide bonds. The molecule has 1 aliphatic carbocycles. The standard InChI is InChI=1S/C7H14O2/c1-9-5-6-3-2-4-7(6)8/h6-8H,2-5H2,1H3/t6-,7-/m1/s1. The van der Waals surface area contributed by atoms with E-state index < -0.39 is 0 Å². The summed E-state index contributed by atoms with van der Waals surface area (Å²) in [6, 6.07) is 0. The van der Waals surface area contributed by atoms with Crippen LogP contribution >= 0.6 is 0 Å². The molecule has 0 spiro atoms. The Kier molecular flexibility index (Phi) is 2.49. The van der Waals surface area contributed by atoms with Crippen molar-refractivity contribution in [1.82, 2.24) is 0 Å². The lowest BCUT2D eigenvalue weighted by atomic mass is 10.1. The maximum absolute atomic E-state index is 9.24. The quantitative estimate of drug-likeness (QED) is 0.599. The van der Waals surface area contributed by atoms with Gasteiger partial charge in [0.05, 0.1) is 12.7 Å². The molecular formula is C7H14O2. The van der Waals surface area contributed by atoms with Crippen LogP contribution in [0.2, 0.25) is 0 Å². The van der Waals surface area contributed by atoms with Crippen LogP contribution < -0.4 is 0 Å². The second kappa shape index (κ2) is 3.18. The molecule has 0 aromatic carbocycles. The summed E-state index contributed by atoms with van der Waals surface area (Å²) < 4.78 is 4.94. The number of methoxy groups -OCH3 is 1. The molecule has 1 saturated carbocycles. The molecule has 2 heteroatoms. The van der Waals surface area contributed by atoms with E-state index in [9.17, 15) is 5.11 Å². The van der Waals surface area contributed by atoms with Crippen molar-refractivity contribution in [3.05, 3.63) is 0 Å². The van der Waals surface area contributed by atoms with Crippen molar-refractivity contribution in [2.45, 2.75) is 25.4 Å². The zero-order chi connectivity index (χ0) is 6.69. The average molecular weight is 130 g/mol. The van der Waals surface area contributed by atoms with Gasteiger partial charge in [-0.3, -0.25) is 0 Å². The first-order valence-corrected chi connectivity index (χ1v) is 3.51. The van der Waals surface area contributed by atoms with E-state index in [-0.39, 0.29) is 6.10 Å². The highest BCUT2D eigenvalue weighted by Gasteiger charge is 2.24. The van der Waals surface area contributed by atoms with Crippen LogP contribution in [0.4, 0.5) is 0 Å². The topological polar surface area (TPSA) is 29.5 Å². The van der Waals surface area contributed by atoms with Crippen molar-refractivity contribution in [2.75, 3.05) is 13.7 Å². The highest BCUT2D eigenvalue weighted by atomic mass is 16.5. The summed E-state index contributed by atoms with van der Waals surface area (Å²) in [5.74, 6) is 0.412. The maximum Gasteiger partial charge on any atom is 0.0590 e. The van der Waals surface area contributed by atoms with Crippen molar-refractivity contribution in [2.24, 2.45) is 5.92 Å². The van der Waals surface area contributed by atoms with E-state index in [1.807, 2.05) is 0 Å². The van der Waals surface area contributed by atoms with Gasteiger partial charge in [0.25, 0.3) is 0 Å². The van der Waals surface area contributed by atoms with E-state index in [2.05, 4.69) is 0 Å². The smallest absolute Gasteiger partial charge is 0.0590 e. The molecule has 0 radical (unpaired) electrons. The molecule has 1 aliphatic rings. The number of aliphatic hydroxyl groups excluding tert-OH is 1. The van der Waals surface area contributed by atoms with Gasteiger partial charge >= 0.3 is 0 Å². The number of rotatable bonds is 2. The highest BCUT2D eigenvalue weighted by Crippen LogP contribution is 2.25. The van der Waals surface area contributed by atoms with Gasteiger partial charge in [-0.2, -0.15) is 0 Å². The number of ether oxygens (including phenoxy) is 1. The summed E-state index contributed by atoms with van der Waals surface area (Å²) in [4.78, 5) is 0. The first kappa shape index (κ1) is 7.03. The van der Waals surface area contributed by atoms with Gasteiger partial charge in [0.1, 0.15) is 0 Å². The highest BCUT2D eigenvalue weighted by molar-refractivity contribution is 4.75. The van der Waals surface area contributed by atoms with Crippen LogP contribution in [0.1, 0.15) is 19.3 Å². The van der Waals surface area contributed by atoms with Gasteiger partial charge in [-0.25, -0.2) is 0 Å². The lowest BCUT2D eigenvalue weighted by Crippen LogP contribution is -2.17. The second-order valence-electron chi connectivity index (χ2n) is 2.71. The molecule has 0 aromatic rings. The fourth-order valence-corrected chi connectivity index (χ4v) is 1.43. The van der Waals surface area contributed by atoms with Crippen LogP contribution in [-0.2, 0) is 4.74 Å². The lowest BCUT2D eigenvalue weighted by Gasteiger charge is -2.11. The van der Waals surface area contributed by atoms with Crippen LogP contribution in [0.25, 0.3) is 0 Å². The van der Waals surface area contributed by atoms with Gasteiger partial charge < -0.3 is 9.84 Å². The zero-order valence-electron chi connectivity index (χ0n) is 5.84. The van der Waals surface area contributed by atoms with Crippen molar-refractivity contribution in [1.29, 1.82) is 0 Å². The molecule has 1 N–H and O–H groups in total. The molecule has 0 saturated heterocycles. The maximum atomic E-state index is 9.24. The SMILES string of the molecule is COC[C@H]1CCC[C@H]1O.